The van der Waals surface area contributed by atoms with Crippen LogP contribution in [-0.4, -0.2) is 27.0 Å². The van der Waals surface area contributed by atoms with Crippen molar-refractivity contribution in [1.29, 1.82) is 0 Å². The third-order valence-corrected chi connectivity index (χ3v) is 4.16. The number of nitrogen functional groups attached to an aromatic ring is 1. The van der Waals surface area contributed by atoms with E-state index in [1.165, 1.54) is 18.6 Å². The molecule has 5 heteroatoms. The van der Waals surface area contributed by atoms with E-state index in [9.17, 15) is 0 Å². The monoisotopic (exact) mass is 224 g/mol. The van der Waals surface area contributed by atoms with Gasteiger partial charge in [-0.25, -0.2) is 4.98 Å². The smallest absolute Gasteiger partial charge is 0.221 e. The molecule has 2 heterocycles. The lowest BCUT2D eigenvalue weighted by atomic mass is 10.1. The molecule has 1 fully saturated rings. The predicted molar refractivity (Wildman–Crippen MR) is 65.0 cm³/mol. The van der Waals surface area contributed by atoms with E-state index in [4.69, 9.17) is 5.73 Å². The summed E-state index contributed by atoms with van der Waals surface area (Å²) in [5.41, 5.74) is 5.51. The van der Waals surface area contributed by atoms with Gasteiger partial charge in [-0.2, -0.15) is 16.7 Å². The molecular formula is C10H16N4S. The standard InChI is InChI=1S/C10H16N4S/c1-10(4-2-6-15-10)7-13-8-3-5-12-9(11)14-8/h3,5H,2,4,6-7H2,1H3,(H3,11,12,13,14). The minimum Gasteiger partial charge on any atom is -0.369 e. The Morgan fingerprint density at radius 3 is 3.20 bits per heavy atom. The second-order valence-electron chi connectivity index (χ2n) is 4.06. The van der Waals surface area contributed by atoms with Gasteiger partial charge in [-0.05, 0) is 31.6 Å². The van der Waals surface area contributed by atoms with Crippen LogP contribution in [0.15, 0.2) is 12.3 Å². The highest BCUT2D eigenvalue weighted by Gasteiger charge is 2.29. The molecule has 2 rings (SSSR count). The summed E-state index contributed by atoms with van der Waals surface area (Å²) in [5, 5.41) is 3.32. The maximum Gasteiger partial charge on any atom is 0.221 e. The summed E-state index contributed by atoms with van der Waals surface area (Å²) in [6, 6.07) is 1.85. The van der Waals surface area contributed by atoms with Gasteiger partial charge in [0.05, 0.1) is 0 Å². The lowest BCUT2D eigenvalue weighted by Crippen LogP contribution is -2.27. The Hall–Kier alpha value is -0.970. The van der Waals surface area contributed by atoms with Crippen LogP contribution in [0.25, 0.3) is 0 Å². The Labute approximate surface area is 94.1 Å². The number of nitrogens with two attached hydrogens (primary N) is 1. The van der Waals surface area contributed by atoms with Gasteiger partial charge in [0, 0.05) is 17.5 Å². The molecule has 1 saturated heterocycles. The molecule has 0 saturated carbocycles. The molecule has 82 valence electrons. The van der Waals surface area contributed by atoms with Gasteiger partial charge in [0.2, 0.25) is 5.95 Å². The largest absolute Gasteiger partial charge is 0.369 e. The number of nitrogens with zero attached hydrogens (tertiary/aromatic N) is 2. The molecule has 1 unspecified atom stereocenters. The van der Waals surface area contributed by atoms with E-state index >= 15 is 0 Å². The Bertz CT molecular complexity index is 336. The fourth-order valence-corrected chi connectivity index (χ4v) is 2.97. The first-order valence-corrected chi connectivity index (χ1v) is 6.13. The predicted octanol–water partition coefficient (Wildman–Crippen LogP) is 1.76. The second kappa shape index (κ2) is 4.26. The highest BCUT2D eigenvalue weighted by Crippen LogP contribution is 2.37. The van der Waals surface area contributed by atoms with Crippen molar-refractivity contribution in [3.8, 4) is 0 Å². The minimum atomic E-state index is 0.323. The Kier molecular flexibility index (Phi) is 3.00. The number of hydrogen-bond acceptors (Lipinski definition) is 5. The van der Waals surface area contributed by atoms with E-state index in [1.807, 2.05) is 17.8 Å². The van der Waals surface area contributed by atoms with Crippen LogP contribution in [0.3, 0.4) is 0 Å². The highest BCUT2D eigenvalue weighted by molar-refractivity contribution is 8.00. The van der Waals surface area contributed by atoms with E-state index in [2.05, 4.69) is 22.2 Å². The molecule has 1 aliphatic heterocycles. The number of nitrogens with one attached hydrogen (secondary N) is 1. The van der Waals surface area contributed by atoms with Crippen molar-refractivity contribution in [2.24, 2.45) is 0 Å². The number of rotatable bonds is 3. The van der Waals surface area contributed by atoms with Gasteiger partial charge in [-0.3, -0.25) is 0 Å². The van der Waals surface area contributed by atoms with Crippen molar-refractivity contribution in [2.75, 3.05) is 23.3 Å². The van der Waals surface area contributed by atoms with Crippen LogP contribution >= 0.6 is 11.8 Å². The van der Waals surface area contributed by atoms with Crippen LogP contribution in [0.4, 0.5) is 11.8 Å². The van der Waals surface area contributed by atoms with Crippen molar-refractivity contribution >= 4 is 23.5 Å². The molecular weight excluding hydrogens is 208 g/mol. The first-order chi connectivity index (χ1) is 7.18. The van der Waals surface area contributed by atoms with Crippen LogP contribution in [-0.2, 0) is 0 Å². The van der Waals surface area contributed by atoms with E-state index in [-0.39, 0.29) is 0 Å². The molecule has 1 atom stereocenters. The number of thioether (sulfide) groups is 1. The second-order valence-corrected chi connectivity index (χ2v) is 5.74. The summed E-state index contributed by atoms with van der Waals surface area (Å²) in [6.45, 7) is 3.23. The average Bonchev–Trinajstić information content (AvgIpc) is 2.63. The topological polar surface area (TPSA) is 63.8 Å². The quantitative estimate of drug-likeness (QED) is 0.819. The molecule has 0 aromatic carbocycles. The molecule has 1 aromatic rings. The summed E-state index contributed by atoms with van der Waals surface area (Å²) in [7, 11) is 0. The lowest BCUT2D eigenvalue weighted by molar-refractivity contribution is 0.633. The molecule has 15 heavy (non-hydrogen) atoms. The summed E-state index contributed by atoms with van der Waals surface area (Å²) in [6.07, 6.45) is 4.26. The third kappa shape index (κ3) is 2.75. The van der Waals surface area contributed by atoms with Gasteiger partial charge in [0.1, 0.15) is 5.82 Å². The zero-order valence-corrected chi connectivity index (χ0v) is 9.68. The van der Waals surface area contributed by atoms with E-state index in [0.29, 0.717) is 10.7 Å². The van der Waals surface area contributed by atoms with Crippen molar-refractivity contribution < 1.29 is 0 Å². The van der Waals surface area contributed by atoms with E-state index < -0.39 is 0 Å². The molecule has 1 aromatic heterocycles. The first-order valence-electron chi connectivity index (χ1n) is 5.14. The van der Waals surface area contributed by atoms with Gasteiger partial charge in [-0.1, -0.05) is 0 Å². The first kappa shape index (κ1) is 10.5. The third-order valence-electron chi connectivity index (χ3n) is 2.62. The number of aromatic nitrogens is 2. The van der Waals surface area contributed by atoms with Gasteiger partial charge in [-0.15, -0.1) is 0 Å². The highest BCUT2D eigenvalue weighted by atomic mass is 32.2. The maximum atomic E-state index is 5.51. The number of hydrogen-bond donors (Lipinski definition) is 2. The van der Waals surface area contributed by atoms with Gasteiger partial charge in [0.25, 0.3) is 0 Å². The molecule has 0 bridgehead atoms. The Balaban J connectivity index is 1.92. The van der Waals surface area contributed by atoms with Crippen molar-refractivity contribution in [1.82, 2.24) is 9.97 Å². The molecule has 0 amide bonds. The molecule has 4 nitrogen and oxygen atoms in total. The van der Waals surface area contributed by atoms with Crippen LogP contribution in [0.5, 0.6) is 0 Å². The van der Waals surface area contributed by atoms with Crippen molar-refractivity contribution in [3.63, 3.8) is 0 Å². The van der Waals surface area contributed by atoms with E-state index in [0.717, 1.165) is 12.4 Å². The van der Waals surface area contributed by atoms with Crippen LogP contribution in [0.1, 0.15) is 19.8 Å². The van der Waals surface area contributed by atoms with Gasteiger partial charge >= 0.3 is 0 Å². The Morgan fingerprint density at radius 2 is 2.53 bits per heavy atom. The molecule has 0 aliphatic carbocycles. The SMILES string of the molecule is CC1(CNc2ccnc(N)n2)CCCS1. The average molecular weight is 224 g/mol. The normalized spacial score (nSPS) is 25.4. The molecule has 1 aliphatic rings. The minimum absolute atomic E-state index is 0.323. The summed E-state index contributed by atoms with van der Waals surface area (Å²) in [5.74, 6) is 2.41. The summed E-state index contributed by atoms with van der Waals surface area (Å²) >= 11 is 2.03. The maximum absolute atomic E-state index is 5.51. The number of anilines is 2. The van der Waals surface area contributed by atoms with Gasteiger partial charge in [0.15, 0.2) is 0 Å². The van der Waals surface area contributed by atoms with Crippen LogP contribution in [0, 0.1) is 0 Å². The molecule has 0 spiro atoms. The summed E-state index contributed by atoms with van der Waals surface area (Å²) < 4.78 is 0.347. The fourth-order valence-electron chi connectivity index (χ4n) is 1.73. The fraction of sp³-hybridized carbons (Fsp3) is 0.600. The zero-order chi connectivity index (χ0) is 10.7. The van der Waals surface area contributed by atoms with Crippen LogP contribution < -0.4 is 11.1 Å². The summed E-state index contributed by atoms with van der Waals surface area (Å²) in [4.78, 5) is 7.97. The lowest BCUT2D eigenvalue weighted by Gasteiger charge is -2.23. The van der Waals surface area contributed by atoms with Crippen molar-refractivity contribution in [2.45, 2.75) is 24.5 Å². The van der Waals surface area contributed by atoms with Gasteiger partial charge < -0.3 is 11.1 Å². The molecule has 0 radical (unpaired) electrons. The van der Waals surface area contributed by atoms with E-state index in [1.54, 1.807) is 6.20 Å². The van der Waals surface area contributed by atoms with Crippen molar-refractivity contribution in [3.05, 3.63) is 12.3 Å². The Morgan fingerprint density at radius 1 is 1.67 bits per heavy atom. The zero-order valence-electron chi connectivity index (χ0n) is 8.86. The molecule has 3 N–H and O–H groups in total. The van der Waals surface area contributed by atoms with Crippen LogP contribution in [0.2, 0.25) is 0 Å².